The third-order valence-electron chi connectivity index (χ3n) is 7.04. The molecule has 0 saturated carbocycles. The zero-order valence-corrected chi connectivity index (χ0v) is 18.2. The van der Waals surface area contributed by atoms with Gasteiger partial charge in [-0.15, -0.1) is 0 Å². The standard InChI is InChI=1S/C32H18O2/c1-2-8-20-17-21(14-13-19(20)7-1)22-15-16-28-26(18-22)30-24-10-4-3-9-23(24)29-25-11-5-6-12-27(25)33-31(29)32(30)34-28/h1-18H. The molecule has 2 heterocycles. The van der Waals surface area contributed by atoms with Crippen molar-refractivity contribution in [1.29, 1.82) is 0 Å². The van der Waals surface area contributed by atoms with Crippen LogP contribution in [-0.2, 0) is 0 Å². The Labute approximate surface area is 194 Å². The van der Waals surface area contributed by atoms with E-state index in [4.69, 9.17) is 8.83 Å². The molecule has 0 amide bonds. The zero-order valence-electron chi connectivity index (χ0n) is 18.2. The van der Waals surface area contributed by atoms with Gasteiger partial charge in [-0.1, -0.05) is 84.9 Å². The largest absolute Gasteiger partial charge is 0.452 e. The summed E-state index contributed by atoms with van der Waals surface area (Å²) in [5, 5.41) is 9.32. The molecule has 158 valence electrons. The second kappa shape index (κ2) is 6.49. The Morgan fingerprint density at radius 1 is 0.382 bits per heavy atom. The summed E-state index contributed by atoms with van der Waals surface area (Å²) in [6.07, 6.45) is 0. The monoisotopic (exact) mass is 434 g/mol. The molecular weight excluding hydrogens is 416 g/mol. The second-order valence-electron chi connectivity index (χ2n) is 8.93. The fourth-order valence-corrected chi connectivity index (χ4v) is 5.47. The Morgan fingerprint density at radius 3 is 1.74 bits per heavy atom. The summed E-state index contributed by atoms with van der Waals surface area (Å²) in [5.74, 6) is 0. The summed E-state index contributed by atoms with van der Waals surface area (Å²) in [4.78, 5) is 0. The summed E-state index contributed by atoms with van der Waals surface area (Å²) in [7, 11) is 0. The minimum Gasteiger partial charge on any atom is -0.452 e. The molecule has 2 aromatic heterocycles. The van der Waals surface area contributed by atoms with Crippen molar-refractivity contribution in [2.75, 3.05) is 0 Å². The number of furan rings is 2. The van der Waals surface area contributed by atoms with E-state index in [1.54, 1.807) is 0 Å². The fourth-order valence-electron chi connectivity index (χ4n) is 5.47. The van der Waals surface area contributed by atoms with E-state index < -0.39 is 0 Å². The number of hydrogen-bond donors (Lipinski definition) is 0. The van der Waals surface area contributed by atoms with Crippen LogP contribution in [0.2, 0.25) is 0 Å². The quantitative estimate of drug-likeness (QED) is 0.257. The molecule has 2 nitrogen and oxygen atoms in total. The molecule has 0 unspecified atom stereocenters. The Kier molecular flexibility index (Phi) is 3.42. The lowest BCUT2D eigenvalue weighted by Crippen LogP contribution is -1.80. The first kappa shape index (κ1) is 17.9. The van der Waals surface area contributed by atoms with Gasteiger partial charge in [0.2, 0.25) is 0 Å². The predicted octanol–water partition coefficient (Wildman–Crippen LogP) is 9.46. The van der Waals surface area contributed by atoms with Gasteiger partial charge in [0.15, 0.2) is 11.2 Å². The molecule has 0 bridgehead atoms. The molecule has 0 spiro atoms. The van der Waals surface area contributed by atoms with Crippen LogP contribution in [0.4, 0.5) is 0 Å². The topological polar surface area (TPSA) is 26.3 Å². The zero-order chi connectivity index (χ0) is 22.2. The molecule has 0 aliphatic heterocycles. The van der Waals surface area contributed by atoms with Gasteiger partial charge >= 0.3 is 0 Å². The van der Waals surface area contributed by atoms with E-state index in [9.17, 15) is 0 Å². The van der Waals surface area contributed by atoms with Gasteiger partial charge in [0.1, 0.15) is 11.2 Å². The maximum Gasteiger partial charge on any atom is 0.179 e. The van der Waals surface area contributed by atoms with E-state index >= 15 is 0 Å². The lowest BCUT2D eigenvalue weighted by molar-refractivity contribution is 0.633. The molecule has 0 aliphatic rings. The van der Waals surface area contributed by atoms with Gasteiger partial charge in [0.25, 0.3) is 0 Å². The molecule has 0 N–H and O–H groups in total. The van der Waals surface area contributed by atoms with Crippen LogP contribution in [0.15, 0.2) is 118 Å². The van der Waals surface area contributed by atoms with Crippen LogP contribution in [0, 0.1) is 0 Å². The van der Waals surface area contributed by atoms with Gasteiger partial charge in [-0.3, -0.25) is 0 Å². The number of rotatable bonds is 1. The van der Waals surface area contributed by atoms with E-state index in [1.165, 1.54) is 32.7 Å². The Morgan fingerprint density at radius 2 is 0.941 bits per heavy atom. The van der Waals surface area contributed by atoms with Crippen molar-refractivity contribution in [1.82, 2.24) is 0 Å². The number of benzene rings is 6. The van der Waals surface area contributed by atoms with E-state index in [-0.39, 0.29) is 0 Å². The maximum absolute atomic E-state index is 6.47. The van der Waals surface area contributed by atoms with Crippen LogP contribution in [0.3, 0.4) is 0 Å². The first-order valence-electron chi connectivity index (χ1n) is 11.5. The average Bonchev–Trinajstić information content (AvgIpc) is 3.47. The molecule has 8 rings (SSSR count). The van der Waals surface area contributed by atoms with Crippen LogP contribution < -0.4 is 0 Å². The Bertz CT molecular complexity index is 2070. The first-order chi connectivity index (χ1) is 16.8. The van der Waals surface area contributed by atoms with Crippen LogP contribution in [-0.4, -0.2) is 0 Å². The van der Waals surface area contributed by atoms with Crippen molar-refractivity contribution in [2.45, 2.75) is 0 Å². The van der Waals surface area contributed by atoms with Crippen molar-refractivity contribution >= 4 is 65.4 Å². The Balaban J connectivity index is 1.51. The molecule has 8 aromatic rings. The van der Waals surface area contributed by atoms with Gasteiger partial charge in [-0.2, -0.15) is 0 Å². The van der Waals surface area contributed by atoms with Gasteiger partial charge in [-0.25, -0.2) is 0 Å². The molecule has 0 aliphatic carbocycles. The second-order valence-corrected chi connectivity index (χ2v) is 8.93. The molecular formula is C32H18O2. The van der Waals surface area contributed by atoms with Crippen LogP contribution >= 0.6 is 0 Å². The average molecular weight is 434 g/mol. The Hall–Kier alpha value is -4.56. The molecule has 0 saturated heterocycles. The van der Waals surface area contributed by atoms with E-state index in [0.717, 1.165) is 43.9 Å². The normalized spacial score (nSPS) is 12.1. The molecule has 6 aromatic carbocycles. The molecule has 0 atom stereocenters. The third-order valence-corrected chi connectivity index (χ3v) is 7.04. The van der Waals surface area contributed by atoms with Crippen molar-refractivity contribution in [3.8, 4) is 11.1 Å². The van der Waals surface area contributed by atoms with Crippen LogP contribution in [0.1, 0.15) is 0 Å². The smallest absolute Gasteiger partial charge is 0.179 e. The van der Waals surface area contributed by atoms with E-state index in [0.29, 0.717) is 0 Å². The summed E-state index contributed by atoms with van der Waals surface area (Å²) in [6.45, 7) is 0. The highest BCUT2D eigenvalue weighted by Crippen LogP contribution is 2.45. The maximum atomic E-state index is 6.47. The molecule has 0 fully saturated rings. The third kappa shape index (κ3) is 2.35. The van der Waals surface area contributed by atoms with Gasteiger partial charge < -0.3 is 8.83 Å². The first-order valence-corrected chi connectivity index (χ1v) is 11.5. The fraction of sp³-hybridized carbons (Fsp3) is 0. The summed E-state index contributed by atoms with van der Waals surface area (Å²) in [6, 6.07) is 38.4. The summed E-state index contributed by atoms with van der Waals surface area (Å²) in [5.41, 5.74) is 5.76. The lowest BCUT2D eigenvalue weighted by Gasteiger charge is -2.05. The highest BCUT2D eigenvalue weighted by Gasteiger charge is 2.20. The van der Waals surface area contributed by atoms with Gasteiger partial charge in [0.05, 0.1) is 0 Å². The van der Waals surface area contributed by atoms with Crippen LogP contribution in [0.25, 0.3) is 76.5 Å². The number of fused-ring (bicyclic) bond motifs is 11. The number of hydrogen-bond acceptors (Lipinski definition) is 2. The SMILES string of the molecule is c1ccc2cc(-c3ccc4oc5c6oc7ccccc7c6c6ccccc6c5c4c3)ccc2c1. The number of para-hydroxylation sites is 1. The highest BCUT2D eigenvalue weighted by molar-refractivity contribution is 6.33. The van der Waals surface area contributed by atoms with Crippen molar-refractivity contribution in [2.24, 2.45) is 0 Å². The summed E-state index contributed by atoms with van der Waals surface area (Å²) >= 11 is 0. The van der Waals surface area contributed by atoms with Crippen molar-refractivity contribution in [3.05, 3.63) is 109 Å². The lowest BCUT2D eigenvalue weighted by atomic mass is 9.96. The van der Waals surface area contributed by atoms with Crippen molar-refractivity contribution < 1.29 is 8.83 Å². The van der Waals surface area contributed by atoms with Crippen LogP contribution in [0.5, 0.6) is 0 Å². The van der Waals surface area contributed by atoms with Crippen molar-refractivity contribution in [3.63, 3.8) is 0 Å². The molecule has 0 radical (unpaired) electrons. The van der Waals surface area contributed by atoms with Gasteiger partial charge in [0, 0.05) is 21.5 Å². The van der Waals surface area contributed by atoms with E-state index in [2.05, 4.69) is 97.1 Å². The summed E-state index contributed by atoms with van der Waals surface area (Å²) < 4.78 is 12.8. The molecule has 34 heavy (non-hydrogen) atoms. The highest BCUT2D eigenvalue weighted by atomic mass is 16.4. The minimum absolute atomic E-state index is 0.815. The predicted molar refractivity (Wildman–Crippen MR) is 141 cm³/mol. The molecule has 2 heteroatoms. The van der Waals surface area contributed by atoms with Gasteiger partial charge in [-0.05, 0) is 56.9 Å². The minimum atomic E-state index is 0.815. The van der Waals surface area contributed by atoms with E-state index in [1.807, 2.05) is 12.1 Å².